The number of fused-ring (bicyclic) bond motifs is 3. The van der Waals surface area contributed by atoms with Gasteiger partial charge in [0.25, 0.3) is 0 Å². The van der Waals surface area contributed by atoms with E-state index in [4.69, 9.17) is 0 Å². The van der Waals surface area contributed by atoms with Gasteiger partial charge in [0, 0.05) is 34.4 Å². The van der Waals surface area contributed by atoms with Crippen molar-refractivity contribution >= 4 is 33.2 Å². The number of benzene rings is 5. The van der Waals surface area contributed by atoms with Crippen molar-refractivity contribution in [1.82, 2.24) is 4.57 Å². The topological polar surface area (TPSA) is 11.4 Å². The van der Waals surface area contributed by atoms with Crippen LogP contribution >= 0.6 is 0 Å². The summed E-state index contributed by atoms with van der Waals surface area (Å²) < 4.78 is 2.40. The van der Waals surface area contributed by atoms with E-state index in [9.17, 15) is 0 Å². The second kappa shape index (κ2) is 12.7. The molecule has 0 saturated heterocycles. The molecule has 0 saturated carbocycles. The van der Waals surface area contributed by atoms with Gasteiger partial charge < -0.3 is 14.4 Å². The molecule has 1 aliphatic heterocycles. The first-order chi connectivity index (χ1) is 23.2. The summed E-state index contributed by atoms with van der Waals surface area (Å²) in [4.78, 5) is 4.98. The molecule has 0 unspecified atom stereocenters. The molecule has 48 heavy (non-hydrogen) atoms. The summed E-state index contributed by atoms with van der Waals surface area (Å²) in [7, 11) is 0. The van der Waals surface area contributed by atoms with Gasteiger partial charge in [-0.15, -0.1) is 0 Å². The molecular formula is C45H48N3. The van der Waals surface area contributed by atoms with Gasteiger partial charge in [-0.1, -0.05) is 134 Å². The van der Waals surface area contributed by atoms with Gasteiger partial charge in [0.2, 0.25) is 0 Å². The normalized spacial score (nSPS) is 13.9. The number of hydrogen-bond acceptors (Lipinski definition) is 2. The molecule has 1 aliphatic rings. The van der Waals surface area contributed by atoms with Crippen molar-refractivity contribution in [3.63, 3.8) is 0 Å². The third kappa shape index (κ3) is 5.30. The van der Waals surface area contributed by atoms with E-state index in [0.717, 1.165) is 0 Å². The van der Waals surface area contributed by atoms with Gasteiger partial charge in [0.15, 0.2) is 6.17 Å². The fourth-order valence-corrected chi connectivity index (χ4v) is 7.58. The van der Waals surface area contributed by atoms with Crippen LogP contribution in [-0.4, -0.2) is 4.57 Å². The number of aromatic nitrogens is 1. The van der Waals surface area contributed by atoms with Crippen LogP contribution in [-0.2, 0) is 0 Å². The molecule has 0 N–H and O–H groups in total. The van der Waals surface area contributed by atoms with Gasteiger partial charge >= 0.3 is 0 Å². The molecule has 1 radical (unpaired) electrons. The quantitative estimate of drug-likeness (QED) is 0.166. The highest BCUT2D eigenvalue weighted by molar-refractivity contribution is 6.09. The largest absolute Gasteiger partial charge is 0.314 e. The second-order valence-electron chi connectivity index (χ2n) is 14.5. The number of nitrogens with zero attached hydrogens (tertiary/aromatic N) is 3. The van der Waals surface area contributed by atoms with Crippen molar-refractivity contribution in [2.24, 2.45) is 0 Å². The zero-order chi connectivity index (χ0) is 33.7. The predicted molar refractivity (Wildman–Crippen MR) is 206 cm³/mol. The molecule has 5 aromatic carbocycles. The number of hydrogen-bond donors (Lipinski definition) is 0. The molecule has 0 amide bonds. The average molecular weight is 631 g/mol. The van der Waals surface area contributed by atoms with Crippen LogP contribution < -0.4 is 9.80 Å². The Kier molecular flexibility index (Phi) is 8.41. The van der Waals surface area contributed by atoms with Crippen LogP contribution in [0.5, 0.6) is 0 Å². The van der Waals surface area contributed by atoms with Gasteiger partial charge in [0.1, 0.15) is 0 Å². The first kappa shape index (κ1) is 31.8. The van der Waals surface area contributed by atoms with E-state index in [1.54, 1.807) is 0 Å². The van der Waals surface area contributed by atoms with Crippen LogP contribution in [0.4, 0.5) is 11.4 Å². The summed E-state index contributed by atoms with van der Waals surface area (Å²) in [6, 6.07) is 40.4. The van der Waals surface area contributed by atoms with E-state index in [1.807, 2.05) is 0 Å². The van der Waals surface area contributed by atoms with Crippen LogP contribution in [0.3, 0.4) is 0 Å². The molecule has 0 spiro atoms. The maximum atomic E-state index is 2.49. The molecule has 0 atom stereocenters. The molecule has 3 nitrogen and oxygen atoms in total. The first-order valence-electron chi connectivity index (χ1n) is 17.7. The fourth-order valence-electron chi connectivity index (χ4n) is 7.58. The van der Waals surface area contributed by atoms with Gasteiger partial charge in [-0.25, -0.2) is 0 Å². The molecule has 6 aromatic rings. The molecule has 0 fully saturated rings. The van der Waals surface area contributed by atoms with E-state index in [1.165, 1.54) is 72.9 Å². The van der Waals surface area contributed by atoms with E-state index < -0.39 is 0 Å². The molecule has 243 valence electrons. The smallest absolute Gasteiger partial charge is 0.195 e. The minimum absolute atomic E-state index is 0.378. The summed E-state index contributed by atoms with van der Waals surface area (Å²) >= 11 is 0. The van der Waals surface area contributed by atoms with Crippen LogP contribution in [0, 0.1) is 6.17 Å². The zero-order valence-corrected chi connectivity index (χ0v) is 29.7. The van der Waals surface area contributed by atoms with Crippen LogP contribution in [0.15, 0.2) is 122 Å². The number of anilines is 2. The third-order valence-corrected chi connectivity index (χ3v) is 9.93. The Morgan fingerprint density at radius 2 is 0.875 bits per heavy atom. The highest BCUT2D eigenvalue weighted by Crippen LogP contribution is 2.48. The Bertz CT molecular complexity index is 1990. The van der Waals surface area contributed by atoms with Crippen molar-refractivity contribution in [2.45, 2.75) is 79.1 Å². The van der Waals surface area contributed by atoms with Crippen LogP contribution in [0.25, 0.3) is 27.5 Å². The minimum atomic E-state index is 0.378. The van der Waals surface area contributed by atoms with Crippen molar-refractivity contribution in [3.05, 3.63) is 156 Å². The Labute approximate surface area is 287 Å². The SMILES string of the molecule is CC(C)c1cccc(C(C)C)c1N1C=CN(c2c(C(C)C)cccc2C(C)C)[C]1c1ccc2c(c1)c1ccccc1n2-c1ccccc1. The summed E-state index contributed by atoms with van der Waals surface area (Å²) in [5.74, 6) is 1.51. The lowest BCUT2D eigenvalue weighted by Gasteiger charge is -2.37. The third-order valence-electron chi connectivity index (χ3n) is 9.93. The van der Waals surface area contributed by atoms with Gasteiger partial charge in [-0.2, -0.15) is 0 Å². The van der Waals surface area contributed by atoms with Crippen molar-refractivity contribution in [3.8, 4) is 5.69 Å². The summed E-state index contributed by atoms with van der Waals surface area (Å²) in [5.41, 5.74) is 12.9. The highest BCUT2D eigenvalue weighted by atomic mass is 15.4. The minimum Gasteiger partial charge on any atom is -0.314 e. The average Bonchev–Trinajstić information content (AvgIpc) is 3.67. The second-order valence-corrected chi connectivity index (χ2v) is 14.5. The fraction of sp³-hybridized carbons (Fsp3) is 0.267. The van der Waals surface area contributed by atoms with E-state index >= 15 is 0 Å². The monoisotopic (exact) mass is 630 g/mol. The first-order valence-corrected chi connectivity index (χ1v) is 17.7. The van der Waals surface area contributed by atoms with Gasteiger partial charge in [-0.05, 0) is 76.3 Å². The van der Waals surface area contributed by atoms with Gasteiger partial charge in [-0.3, -0.25) is 0 Å². The highest BCUT2D eigenvalue weighted by Gasteiger charge is 2.37. The molecule has 0 aliphatic carbocycles. The van der Waals surface area contributed by atoms with Crippen LogP contribution in [0.1, 0.15) is 107 Å². The molecule has 7 rings (SSSR count). The maximum absolute atomic E-state index is 2.49. The number of para-hydroxylation sites is 4. The predicted octanol–water partition coefficient (Wildman–Crippen LogP) is 12.6. The van der Waals surface area contributed by atoms with Crippen molar-refractivity contribution in [2.75, 3.05) is 9.80 Å². The molecular weight excluding hydrogens is 583 g/mol. The van der Waals surface area contributed by atoms with Crippen molar-refractivity contribution in [1.29, 1.82) is 0 Å². The number of rotatable bonds is 8. The lowest BCUT2D eigenvalue weighted by molar-refractivity contribution is 0.804. The summed E-state index contributed by atoms with van der Waals surface area (Å²) in [6.45, 7) is 18.5. The van der Waals surface area contributed by atoms with Crippen LogP contribution in [0.2, 0.25) is 0 Å². The molecule has 0 bridgehead atoms. The maximum Gasteiger partial charge on any atom is 0.195 e. The molecule has 3 heteroatoms. The molecule has 1 aromatic heterocycles. The summed E-state index contributed by atoms with van der Waals surface area (Å²) in [6.07, 6.45) is 5.79. The Morgan fingerprint density at radius 3 is 1.38 bits per heavy atom. The lowest BCUT2D eigenvalue weighted by Crippen LogP contribution is -2.34. The Hall–Kier alpha value is -4.76. The Morgan fingerprint density at radius 1 is 0.417 bits per heavy atom. The zero-order valence-electron chi connectivity index (χ0n) is 29.7. The molecule has 2 heterocycles. The Balaban J connectivity index is 1.52. The summed E-state index contributed by atoms with van der Waals surface area (Å²) in [5, 5.41) is 2.52. The lowest BCUT2D eigenvalue weighted by atomic mass is 9.90. The standard InChI is InChI=1S/C45H48N3/c1-29(2)35-19-14-20-36(30(3)4)43(35)46-26-27-47(44-37(31(5)6)21-15-22-38(44)32(7)8)45(46)33-24-25-42-40(28-33)39-18-12-13-23-41(39)48(42)34-16-10-9-11-17-34/h9-32H,1-8H3. The van der Waals surface area contributed by atoms with E-state index in [0.29, 0.717) is 23.7 Å². The van der Waals surface area contributed by atoms with E-state index in [2.05, 4.69) is 191 Å². The van der Waals surface area contributed by atoms with Gasteiger partial charge in [0.05, 0.1) is 22.4 Å². The van der Waals surface area contributed by atoms with E-state index in [-0.39, 0.29) is 0 Å². The van der Waals surface area contributed by atoms with Crippen molar-refractivity contribution < 1.29 is 0 Å².